The van der Waals surface area contributed by atoms with Crippen molar-refractivity contribution >= 4 is 21.4 Å². The van der Waals surface area contributed by atoms with Gasteiger partial charge in [0, 0.05) is 17.2 Å². The fraction of sp³-hybridized carbons (Fsp3) is 0.368. The van der Waals surface area contributed by atoms with Gasteiger partial charge < -0.3 is 4.74 Å². The molecule has 3 nitrogen and oxygen atoms in total. The minimum atomic E-state index is -4.72. The lowest BCUT2D eigenvalue weighted by Gasteiger charge is -2.38. The van der Waals surface area contributed by atoms with E-state index < -0.39 is 37.3 Å². The van der Waals surface area contributed by atoms with E-state index >= 15 is 0 Å². The Morgan fingerprint density at radius 3 is 2.44 bits per heavy atom. The van der Waals surface area contributed by atoms with Gasteiger partial charge in [-0.05, 0) is 43.5 Å². The van der Waals surface area contributed by atoms with Crippen LogP contribution in [-0.4, -0.2) is 25.9 Å². The van der Waals surface area contributed by atoms with Crippen LogP contribution in [0.3, 0.4) is 0 Å². The Labute approximate surface area is 162 Å². The monoisotopic (exact) mass is 420 g/mol. The summed E-state index contributed by atoms with van der Waals surface area (Å²) in [7, 11) is -4.10. The van der Waals surface area contributed by atoms with Gasteiger partial charge >= 0.3 is 6.18 Å². The van der Waals surface area contributed by atoms with Crippen LogP contribution in [0.4, 0.5) is 13.2 Å². The maximum atomic E-state index is 13.1. The Hall–Kier alpha value is -1.57. The molecule has 0 aromatic heterocycles. The highest BCUT2D eigenvalue weighted by atomic mass is 35.5. The van der Waals surface area contributed by atoms with Crippen LogP contribution < -0.4 is 0 Å². The molecule has 1 aromatic rings. The van der Waals surface area contributed by atoms with Crippen LogP contribution in [0.2, 0.25) is 5.02 Å². The quantitative estimate of drug-likeness (QED) is 0.586. The van der Waals surface area contributed by atoms with Crippen molar-refractivity contribution in [1.82, 2.24) is 0 Å². The highest BCUT2D eigenvalue weighted by molar-refractivity contribution is 7.96. The maximum absolute atomic E-state index is 13.1. The van der Waals surface area contributed by atoms with Crippen molar-refractivity contribution in [2.45, 2.75) is 36.8 Å². The lowest BCUT2D eigenvalue weighted by molar-refractivity contribution is -0.0878. The molecule has 0 radical (unpaired) electrons. The topological polar surface area (TPSA) is 43.4 Å². The summed E-state index contributed by atoms with van der Waals surface area (Å²) in [5.74, 6) is 0. The molecule has 0 amide bonds. The lowest BCUT2D eigenvalue weighted by atomic mass is 9.92. The summed E-state index contributed by atoms with van der Waals surface area (Å²) in [4.78, 5) is -0.496. The van der Waals surface area contributed by atoms with Crippen LogP contribution in [0, 0.1) is 0 Å². The molecule has 1 aliphatic rings. The molecule has 1 fully saturated rings. The maximum Gasteiger partial charge on any atom is 0.415 e. The van der Waals surface area contributed by atoms with Gasteiger partial charge in [0.1, 0.15) is 0 Å². The Bertz CT molecular complexity index is 857. The van der Waals surface area contributed by atoms with E-state index in [-0.39, 0.29) is 19.4 Å². The first kappa shape index (κ1) is 21.7. The van der Waals surface area contributed by atoms with E-state index in [1.807, 2.05) is 0 Å². The molecule has 0 saturated carbocycles. The highest BCUT2D eigenvalue weighted by Gasteiger charge is 2.46. The van der Waals surface area contributed by atoms with Gasteiger partial charge in [0.05, 0.1) is 15.8 Å². The van der Waals surface area contributed by atoms with Crippen LogP contribution in [0.25, 0.3) is 0 Å². The summed E-state index contributed by atoms with van der Waals surface area (Å²) in [6.45, 7) is 7.96. The Morgan fingerprint density at radius 1 is 1.33 bits per heavy atom. The van der Waals surface area contributed by atoms with Crippen molar-refractivity contribution < 1.29 is 26.3 Å². The molecule has 8 heteroatoms. The standard InChI is InChI=1S/C19H20ClF3O3S/c1-4-16(11-13(2)19(21,22)23)27(24,25)18(3)9-10-26-17(12-18)14-5-7-15(20)8-6-14/h4-8,11,17H,1-2,9-10,12H2,3H3/b16-11+/t17-,18-/m1/s1. The van der Waals surface area contributed by atoms with Gasteiger partial charge in [-0.3, -0.25) is 0 Å². The Morgan fingerprint density at radius 2 is 1.93 bits per heavy atom. The van der Waals surface area contributed by atoms with E-state index in [0.717, 1.165) is 11.6 Å². The zero-order valence-corrected chi connectivity index (χ0v) is 16.3. The van der Waals surface area contributed by atoms with Crippen LogP contribution in [0.15, 0.2) is 60.1 Å². The van der Waals surface area contributed by atoms with Crippen molar-refractivity contribution in [2.75, 3.05) is 6.61 Å². The average molecular weight is 421 g/mol. The number of sulfone groups is 1. The Kier molecular flexibility index (Phi) is 6.29. The van der Waals surface area contributed by atoms with E-state index in [9.17, 15) is 21.6 Å². The van der Waals surface area contributed by atoms with Crippen molar-refractivity contribution in [3.05, 3.63) is 70.6 Å². The molecule has 2 atom stereocenters. The summed E-state index contributed by atoms with van der Waals surface area (Å²) in [5, 5.41) is 0.535. The largest absolute Gasteiger partial charge is 0.415 e. The van der Waals surface area contributed by atoms with Gasteiger partial charge in [0.15, 0.2) is 9.84 Å². The van der Waals surface area contributed by atoms with Crippen LogP contribution in [0.1, 0.15) is 31.4 Å². The van der Waals surface area contributed by atoms with Gasteiger partial charge in [0.2, 0.25) is 0 Å². The smallest absolute Gasteiger partial charge is 0.373 e. The molecule has 2 rings (SSSR count). The molecule has 148 valence electrons. The van der Waals surface area contributed by atoms with E-state index in [4.69, 9.17) is 16.3 Å². The van der Waals surface area contributed by atoms with Crippen LogP contribution in [0.5, 0.6) is 0 Å². The molecule has 1 aromatic carbocycles. The van der Waals surface area contributed by atoms with E-state index in [0.29, 0.717) is 11.1 Å². The van der Waals surface area contributed by atoms with Gasteiger partial charge in [0.25, 0.3) is 0 Å². The number of benzene rings is 1. The van der Waals surface area contributed by atoms with Crippen molar-refractivity contribution in [2.24, 2.45) is 0 Å². The first-order chi connectivity index (χ1) is 12.4. The summed E-state index contributed by atoms with van der Waals surface area (Å²) < 4.78 is 69.0. The van der Waals surface area contributed by atoms with Crippen LogP contribution >= 0.6 is 11.6 Å². The van der Waals surface area contributed by atoms with Gasteiger partial charge in [-0.1, -0.05) is 43.0 Å². The summed E-state index contributed by atoms with van der Waals surface area (Å²) >= 11 is 5.87. The molecule has 27 heavy (non-hydrogen) atoms. The van der Waals surface area contributed by atoms with Crippen molar-refractivity contribution in [3.8, 4) is 0 Å². The van der Waals surface area contributed by atoms with E-state index in [1.165, 1.54) is 6.92 Å². The molecule has 0 unspecified atom stereocenters. The number of rotatable bonds is 5. The molecule has 0 aliphatic carbocycles. The van der Waals surface area contributed by atoms with Crippen molar-refractivity contribution in [3.63, 3.8) is 0 Å². The fourth-order valence-corrected chi connectivity index (χ4v) is 4.82. The first-order valence-corrected chi connectivity index (χ1v) is 9.99. The lowest BCUT2D eigenvalue weighted by Crippen LogP contribution is -2.42. The predicted octanol–water partition coefficient (Wildman–Crippen LogP) is 5.55. The molecule has 0 N–H and O–H groups in total. The molecule has 0 bridgehead atoms. The summed E-state index contributed by atoms with van der Waals surface area (Å²) in [6.07, 6.45) is -3.52. The molecule has 1 aliphatic heterocycles. The molecular formula is C19H20ClF3O3S. The summed E-state index contributed by atoms with van der Waals surface area (Å²) in [6, 6.07) is 6.81. The zero-order chi connectivity index (χ0) is 20.5. The zero-order valence-electron chi connectivity index (χ0n) is 14.7. The minimum absolute atomic E-state index is 0.0979. The van der Waals surface area contributed by atoms with Gasteiger partial charge in [-0.2, -0.15) is 13.2 Å². The van der Waals surface area contributed by atoms with Gasteiger partial charge in [-0.15, -0.1) is 0 Å². The van der Waals surface area contributed by atoms with Crippen LogP contribution in [-0.2, 0) is 14.6 Å². The fourth-order valence-electron chi connectivity index (χ4n) is 2.89. The predicted molar refractivity (Wildman–Crippen MR) is 100 cm³/mol. The normalized spacial score (nSPS) is 24.5. The van der Waals surface area contributed by atoms with Crippen molar-refractivity contribution in [1.29, 1.82) is 0 Å². The SMILES string of the molecule is C=C/C(=C\C(=C)C(F)(F)F)S(=O)(=O)[C@]1(C)CCO[C@@H](c2ccc(Cl)cc2)C1. The van der Waals surface area contributed by atoms with Gasteiger partial charge in [-0.25, -0.2) is 8.42 Å². The average Bonchev–Trinajstić information content (AvgIpc) is 2.59. The second-order valence-electron chi connectivity index (χ2n) is 6.59. The second-order valence-corrected chi connectivity index (χ2v) is 9.49. The number of hydrogen-bond acceptors (Lipinski definition) is 3. The molecule has 1 heterocycles. The third-order valence-corrected chi connectivity index (χ3v) is 7.48. The highest BCUT2D eigenvalue weighted by Crippen LogP contribution is 2.42. The Balaban J connectivity index is 2.37. The minimum Gasteiger partial charge on any atom is -0.373 e. The first-order valence-electron chi connectivity index (χ1n) is 8.13. The number of alkyl halides is 3. The third kappa shape index (κ3) is 4.65. The summed E-state index contributed by atoms with van der Waals surface area (Å²) in [5.41, 5.74) is -0.491. The second kappa shape index (κ2) is 7.81. The van der Waals surface area contributed by atoms with E-state index in [2.05, 4.69) is 13.2 Å². The third-order valence-electron chi connectivity index (χ3n) is 4.65. The molecule has 1 saturated heterocycles. The number of ether oxygens (including phenoxy) is 1. The molecular weight excluding hydrogens is 401 g/mol. The number of halogens is 4. The number of hydrogen-bond donors (Lipinski definition) is 0. The molecule has 0 spiro atoms. The number of allylic oxidation sites excluding steroid dienone is 3. The van der Waals surface area contributed by atoms with E-state index in [1.54, 1.807) is 24.3 Å².